The highest BCUT2D eigenvalue weighted by atomic mass is 35.5. The quantitative estimate of drug-likeness (QED) is 0.931. The van der Waals surface area contributed by atoms with Crippen LogP contribution in [-0.4, -0.2) is 35.5 Å². The molecular formula is C15H17ClN2O3S. The van der Waals surface area contributed by atoms with E-state index in [4.69, 9.17) is 11.6 Å². The Balaban J connectivity index is 2.10. The zero-order chi connectivity index (χ0) is 15.9. The number of sulfonamides is 1. The lowest BCUT2D eigenvalue weighted by Gasteiger charge is -2.35. The van der Waals surface area contributed by atoms with Gasteiger partial charge in [-0.2, -0.15) is 4.31 Å². The van der Waals surface area contributed by atoms with Crippen molar-refractivity contribution >= 4 is 21.6 Å². The van der Waals surface area contributed by atoms with Crippen molar-refractivity contribution in [3.8, 4) is 0 Å². The van der Waals surface area contributed by atoms with Gasteiger partial charge in [-0.3, -0.25) is 0 Å². The van der Waals surface area contributed by atoms with Gasteiger partial charge in [-0.05, 0) is 30.7 Å². The van der Waals surface area contributed by atoms with Crippen molar-refractivity contribution in [1.29, 1.82) is 0 Å². The maximum Gasteiger partial charge on any atom is 0.245 e. The third kappa shape index (κ3) is 2.36. The molecule has 7 heteroatoms. The third-order valence-electron chi connectivity index (χ3n) is 4.02. The maximum absolute atomic E-state index is 13.1. The molecule has 0 amide bonds. The molecule has 3 rings (SSSR count). The number of hydrogen-bond acceptors (Lipinski definition) is 3. The lowest BCUT2D eigenvalue weighted by molar-refractivity contribution is 0.162. The van der Waals surface area contributed by atoms with Gasteiger partial charge in [0.05, 0.1) is 17.7 Å². The predicted molar refractivity (Wildman–Crippen MR) is 84.3 cm³/mol. The smallest absolute Gasteiger partial charge is 0.245 e. The molecule has 2 heterocycles. The maximum atomic E-state index is 13.1. The molecule has 1 aliphatic rings. The number of rotatable bonds is 3. The van der Waals surface area contributed by atoms with Crippen LogP contribution < -0.4 is 0 Å². The van der Waals surface area contributed by atoms with Gasteiger partial charge in [0.2, 0.25) is 10.0 Å². The van der Waals surface area contributed by atoms with E-state index >= 15 is 0 Å². The summed E-state index contributed by atoms with van der Waals surface area (Å²) in [7, 11) is -3.78. The number of hydrogen-bond donors (Lipinski definition) is 1. The molecule has 1 aromatic carbocycles. The van der Waals surface area contributed by atoms with Crippen LogP contribution in [0.3, 0.4) is 0 Å². The van der Waals surface area contributed by atoms with Crippen LogP contribution in [0.15, 0.2) is 41.4 Å². The molecule has 1 aromatic heterocycles. The molecule has 5 nitrogen and oxygen atoms in total. The van der Waals surface area contributed by atoms with Crippen molar-refractivity contribution < 1.29 is 13.5 Å². The molecule has 1 N–H and O–H groups in total. The number of aryl methyl sites for hydroxylation is 1. The highest BCUT2D eigenvalue weighted by Crippen LogP contribution is 2.35. The highest BCUT2D eigenvalue weighted by Gasteiger charge is 2.37. The molecule has 0 bridgehead atoms. The normalized spacial score (nSPS) is 19.1. The van der Waals surface area contributed by atoms with Crippen molar-refractivity contribution in [3.05, 3.63) is 52.8 Å². The topological polar surface area (TPSA) is 62.5 Å². The second-order valence-electron chi connectivity index (χ2n) is 5.33. The number of benzene rings is 1. The van der Waals surface area contributed by atoms with E-state index in [2.05, 4.69) is 0 Å². The van der Waals surface area contributed by atoms with Gasteiger partial charge in [0, 0.05) is 25.0 Å². The zero-order valence-electron chi connectivity index (χ0n) is 12.1. The van der Waals surface area contributed by atoms with E-state index in [-0.39, 0.29) is 16.5 Å². The van der Waals surface area contributed by atoms with Crippen molar-refractivity contribution in [3.63, 3.8) is 0 Å². The minimum absolute atomic E-state index is 0.120. The van der Waals surface area contributed by atoms with Gasteiger partial charge in [0.1, 0.15) is 4.90 Å². The van der Waals surface area contributed by atoms with Crippen LogP contribution in [0.4, 0.5) is 0 Å². The fourth-order valence-electron chi connectivity index (χ4n) is 2.98. The van der Waals surface area contributed by atoms with E-state index in [0.717, 1.165) is 5.69 Å². The van der Waals surface area contributed by atoms with Gasteiger partial charge >= 0.3 is 0 Å². The first-order valence-corrected chi connectivity index (χ1v) is 8.81. The Hall–Kier alpha value is -1.34. The van der Waals surface area contributed by atoms with Gasteiger partial charge in [-0.1, -0.05) is 23.7 Å². The molecule has 0 aliphatic carbocycles. The summed E-state index contributed by atoms with van der Waals surface area (Å²) in [6.45, 7) is 2.31. The Morgan fingerprint density at radius 2 is 2.05 bits per heavy atom. The van der Waals surface area contributed by atoms with E-state index in [1.165, 1.54) is 4.31 Å². The predicted octanol–water partition coefficient (Wildman–Crippen LogP) is 2.19. The van der Waals surface area contributed by atoms with E-state index in [0.29, 0.717) is 18.7 Å². The first-order chi connectivity index (χ1) is 10.5. The Labute approximate surface area is 134 Å². The third-order valence-corrected chi connectivity index (χ3v) is 6.56. The SMILES string of the molecule is Cc1cccc(Cl)c1S(=O)(=O)N1CCn2cccc2C1CO. The fraction of sp³-hybridized carbons (Fsp3) is 0.333. The van der Waals surface area contributed by atoms with Crippen molar-refractivity contribution in [2.24, 2.45) is 0 Å². The first kappa shape index (κ1) is 15.6. The van der Waals surface area contributed by atoms with Crippen molar-refractivity contribution in [1.82, 2.24) is 8.87 Å². The molecule has 1 atom stereocenters. The minimum atomic E-state index is -3.78. The van der Waals surface area contributed by atoms with Gasteiger partial charge in [0.15, 0.2) is 0 Å². The van der Waals surface area contributed by atoms with Gasteiger partial charge in [-0.15, -0.1) is 0 Å². The number of aliphatic hydroxyl groups is 1. The summed E-state index contributed by atoms with van der Waals surface area (Å²) in [5, 5.41) is 9.93. The average molecular weight is 341 g/mol. The van der Waals surface area contributed by atoms with Crippen LogP contribution in [0, 0.1) is 6.92 Å². The number of halogens is 1. The molecular weight excluding hydrogens is 324 g/mol. The van der Waals surface area contributed by atoms with Crippen LogP contribution in [-0.2, 0) is 16.6 Å². The first-order valence-electron chi connectivity index (χ1n) is 6.99. The van der Waals surface area contributed by atoms with Crippen LogP contribution in [0.1, 0.15) is 17.3 Å². The Kier molecular flexibility index (Phi) is 4.03. The monoisotopic (exact) mass is 340 g/mol. The molecule has 118 valence electrons. The number of fused-ring (bicyclic) bond motifs is 1. The minimum Gasteiger partial charge on any atom is -0.394 e. The zero-order valence-corrected chi connectivity index (χ0v) is 13.7. The standard InChI is InChI=1S/C15H17ClN2O3S/c1-11-4-2-5-12(16)15(11)22(20,21)18-9-8-17-7-3-6-13(17)14(18)10-19/h2-7,14,19H,8-10H2,1H3. The number of nitrogens with zero attached hydrogens (tertiary/aromatic N) is 2. The van der Waals surface area contributed by atoms with E-state index in [9.17, 15) is 13.5 Å². The van der Waals surface area contributed by atoms with Gasteiger partial charge in [0.25, 0.3) is 0 Å². The summed E-state index contributed by atoms with van der Waals surface area (Å²) in [6.07, 6.45) is 1.89. The summed E-state index contributed by atoms with van der Waals surface area (Å²) in [5.41, 5.74) is 1.40. The Morgan fingerprint density at radius 3 is 2.73 bits per heavy atom. The van der Waals surface area contributed by atoms with Crippen LogP contribution in [0.5, 0.6) is 0 Å². The van der Waals surface area contributed by atoms with Crippen molar-refractivity contribution in [2.45, 2.75) is 24.4 Å². The second kappa shape index (κ2) is 5.70. The fourth-order valence-corrected chi connectivity index (χ4v) is 5.35. The lowest BCUT2D eigenvalue weighted by Crippen LogP contribution is -2.43. The Morgan fingerprint density at radius 1 is 1.27 bits per heavy atom. The molecule has 0 saturated carbocycles. The summed E-state index contributed by atoms with van der Waals surface area (Å²) < 4.78 is 29.4. The largest absolute Gasteiger partial charge is 0.394 e. The summed E-state index contributed by atoms with van der Waals surface area (Å²) >= 11 is 6.13. The number of aliphatic hydroxyl groups excluding tert-OH is 1. The molecule has 1 aliphatic heterocycles. The van der Waals surface area contributed by atoms with Gasteiger partial charge < -0.3 is 9.67 Å². The van der Waals surface area contributed by atoms with E-state index in [1.807, 2.05) is 22.9 Å². The molecule has 0 fully saturated rings. The molecule has 0 saturated heterocycles. The summed E-state index contributed by atoms with van der Waals surface area (Å²) in [5.74, 6) is 0. The molecule has 22 heavy (non-hydrogen) atoms. The highest BCUT2D eigenvalue weighted by molar-refractivity contribution is 7.89. The Bertz CT molecular complexity index is 781. The lowest BCUT2D eigenvalue weighted by atomic mass is 10.2. The van der Waals surface area contributed by atoms with Crippen LogP contribution in [0.25, 0.3) is 0 Å². The summed E-state index contributed by atoms with van der Waals surface area (Å²) in [6, 6.07) is 8.12. The molecule has 2 aromatic rings. The van der Waals surface area contributed by atoms with Crippen LogP contribution in [0.2, 0.25) is 5.02 Å². The number of aromatic nitrogens is 1. The molecule has 0 radical (unpaired) electrons. The average Bonchev–Trinajstić information content (AvgIpc) is 2.94. The van der Waals surface area contributed by atoms with Crippen molar-refractivity contribution in [2.75, 3.05) is 13.2 Å². The van der Waals surface area contributed by atoms with E-state index < -0.39 is 16.1 Å². The molecule has 1 unspecified atom stereocenters. The summed E-state index contributed by atoms with van der Waals surface area (Å²) in [4.78, 5) is 0.120. The van der Waals surface area contributed by atoms with E-state index in [1.54, 1.807) is 25.1 Å². The molecule has 0 spiro atoms. The van der Waals surface area contributed by atoms with Crippen LogP contribution >= 0.6 is 11.6 Å². The van der Waals surface area contributed by atoms with Gasteiger partial charge in [-0.25, -0.2) is 8.42 Å². The second-order valence-corrected chi connectivity index (χ2v) is 7.56.